The first kappa shape index (κ1) is 25.6. The molecule has 2 amide bonds. The van der Waals surface area contributed by atoms with E-state index in [4.69, 9.17) is 15.2 Å². The largest absolute Gasteiger partial charge is 0.433 e. The van der Waals surface area contributed by atoms with Crippen molar-refractivity contribution in [1.82, 2.24) is 9.80 Å². The highest BCUT2D eigenvalue weighted by Crippen LogP contribution is 2.37. The molecular formula is C26H36FN3O5. The fraction of sp³-hybridized carbons (Fsp3) is 0.654. The Morgan fingerprint density at radius 3 is 2.23 bits per heavy atom. The normalized spacial score (nSPS) is 26.3. The number of nitrogens with zero attached hydrogens (tertiary/aromatic N) is 2. The third-order valence-corrected chi connectivity index (χ3v) is 7.85. The molecule has 1 aliphatic carbocycles. The molecule has 1 aromatic carbocycles. The highest BCUT2D eigenvalue weighted by molar-refractivity contribution is 5.97. The van der Waals surface area contributed by atoms with Gasteiger partial charge in [0.2, 0.25) is 0 Å². The molecule has 8 nitrogen and oxygen atoms in total. The van der Waals surface area contributed by atoms with Gasteiger partial charge in [0, 0.05) is 24.6 Å². The predicted octanol–water partition coefficient (Wildman–Crippen LogP) is 2.99. The van der Waals surface area contributed by atoms with Crippen LogP contribution < -0.4 is 5.73 Å². The molecule has 3 fully saturated rings. The summed E-state index contributed by atoms with van der Waals surface area (Å²) in [6.45, 7) is 4.54. The lowest BCUT2D eigenvalue weighted by Gasteiger charge is -2.39. The van der Waals surface area contributed by atoms with Crippen LogP contribution in [0.25, 0.3) is 0 Å². The molecule has 3 aliphatic rings. The van der Waals surface area contributed by atoms with Crippen molar-refractivity contribution in [2.75, 3.05) is 45.9 Å². The van der Waals surface area contributed by atoms with Crippen LogP contribution in [0.2, 0.25) is 0 Å². The monoisotopic (exact) mass is 489 g/mol. The van der Waals surface area contributed by atoms with E-state index >= 15 is 0 Å². The standard InChI is InChI=1S/C26H36FN3O5/c27-22-3-1-20(2-4-22)23(31)21-8-13-29(14-9-21)12-7-19-5-10-26(11-6-19,24(28)32)35-25(33)30-15-17-34-18-16-30/h1-4,19,21H,5-18H2,(H2,28,32). The van der Waals surface area contributed by atoms with Crippen molar-refractivity contribution in [3.05, 3.63) is 35.6 Å². The van der Waals surface area contributed by atoms with Crippen molar-refractivity contribution in [1.29, 1.82) is 0 Å². The second-order valence-corrected chi connectivity index (χ2v) is 10.0. The molecule has 2 aliphatic heterocycles. The second-order valence-electron chi connectivity index (χ2n) is 10.0. The number of carbonyl (C=O) groups is 3. The number of piperidine rings is 1. The number of benzene rings is 1. The molecule has 4 rings (SSSR count). The van der Waals surface area contributed by atoms with Crippen LogP contribution in [-0.2, 0) is 14.3 Å². The molecule has 2 saturated heterocycles. The molecule has 35 heavy (non-hydrogen) atoms. The summed E-state index contributed by atoms with van der Waals surface area (Å²) in [7, 11) is 0. The maximum atomic E-state index is 13.1. The number of halogens is 1. The van der Waals surface area contributed by atoms with Crippen LogP contribution in [0, 0.1) is 17.7 Å². The van der Waals surface area contributed by atoms with Gasteiger partial charge in [-0.2, -0.15) is 0 Å². The van der Waals surface area contributed by atoms with E-state index < -0.39 is 17.6 Å². The Kier molecular flexibility index (Phi) is 8.38. The molecule has 2 heterocycles. The Labute approximate surface area is 205 Å². The molecule has 2 N–H and O–H groups in total. The van der Waals surface area contributed by atoms with Gasteiger partial charge in [0.15, 0.2) is 11.4 Å². The van der Waals surface area contributed by atoms with E-state index in [0.29, 0.717) is 50.6 Å². The molecule has 0 atom stereocenters. The minimum atomic E-state index is -1.22. The number of hydrogen-bond acceptors (Lipinski definition) is 6. The summed E-state index contributed by atoms with van der Waals surface area (Å²) in [5.41, 5.74) is 5.05. The van der Waals surface area contributed by atoms with Gasteiger partial charge in [-0.3, -0.25) is 9.59 Å². The zero-order chi connectivity index (χ0) is 24.8. The molecule has 0 radical (unpaired) electrons. The van der Waals surface area contributed by atoms with Crippen LogP contribution in [0.1, 0.15) is 55.3 Å². The van der Waals surface area contributed by atoms with E-state index in [0.717, 1.165) is 51.7 Å². The molecule has 0 unspecified atom stereocenters. The maximum absolute atomic E-state index is 13.1. The van der Waals surface area contributed by atoms with Crippen molar-refractivity contribution < 1.29 is 28.2 Å². The second kappa shape index (κ2) is 11.5. The summed E-state index contributed by atoms with van der Waals surface area (Å²) in [5, 5.41) is 0. The van der Waals surface area contributed by atoms with Crippen molar-refractivity contribution in [3.63, 3.8) is 0 Å². The lowest BCUT2D eigenvalue weighted by molar-refractivity contribution is -0.143. The number of morpholine rings is 1. The molecule has 9 heteroatoms. The summed E-state index contributed by atoms with van der Waals surface area (Å²) in [6, 6.07) is 5.81. The van der Waals surface area contributed by atoms with Crippen LogP contribution in [0.3, 0.4) is 0 Å². The highest BCUT2D eigenvalue weighted by atomic mass is 19.1. The van der Waals surface area contributed by atoms with Gasteiger partial charge in [-0.15, -0.1) is 0 Å². The van der Waals surface area contributed by atoms with Crippen LogP contribution in [0.5, 0.6) is 0 Å². The predicted molar refractivity (Wildman–Crippen MR) is 127 cm³/mol. The molecule has 1 saturated carbocycles. The van der Waals surface area contributed by atoms with Gasteiger partial charge in [-0.1, -0.05) is 0 Å². The summed E-state index contributed by atoms with van der Waals surface area (Å²) in [4.78, 5) is 41.5. The molecule has 192 valence electrons. The van der Waals surface area contributed by atoms with Gasteiger partial charge in [0.05, 0.1) is 13.2 Å². The minimum Gasteiger partial charge on any atom is -0.433 e. The number of nitrogens with two attached hydrogens (primary N) is 1. The molecule has 1 aromatic rings. The summed E-state index contributed by atoms with van der Waals surface area (Å²) in [6.07, 6.45) is 4.63. The van der Waals surface area contributed by atoms with Gasteiger partial charge in [-0.05, 0) is 94.8 Å². The first-order chi connectivity index (χ1) is 16.9. The van der Waals surface area contributed by atoms with Crippen molar-refractivity contribution in [3.8, 4) is 0 Å². The van der Waals surface area contributed by atoms with E-state index in [1.807, 2.05) is 0 Å². The number of ether oxygens (including phenoxy) is 2. The SMILES string of the molecule is NC(=O)C1(OC(=O)N2CCOCC2)CCC(CCN2CCC(C(=O)c3ccc(F)cc3)CC2)CC1. The Bertz CT molecular complexity index is 887. The topological polar surface area (TPSA) is 102 Å². The number of Topliss-reactive ketones (excluding diaryl/α,β-unsaturated/α-hetero) is 1. The molecule has 0 bridgehead atoms. The zero-order valence-corrected chi connectivity index (χ0v) is 20.3. The van der Waals surface area contributed by atoms with E-state index in [2.05, 4.69) is 4.90 Å². The van der Waals surface area contributed by atoms with Gasteiger partial charge >= 0.3 is 6.09 Å². The number of carbonyl (C=O) groups excluding carboxylic acids is 3. The Morgan fingerprint density at radius 1 is 1.00 bits per heavy atom. The molecule has 0 aromatic heterocycles. The lowest BCUT2D eigenvalue weighted by Crippen LogP contribution is -2.53. The first-order valence-corrected chi connectivity index (χ1v) is 12.7. The highest BCUT2D eigenvalue weighted by Gasteiger charge is 2.45. The van der Waals surface area contributed by atoms with E-state index in [1.165, 1.54) is 12.1 Å². The Balaban J connectivity index is 1.20. The quantitative estimate of drug-likeness (QED) is 0.591. The average molecular weight is 490 g/mol. The van der Waals surface area contributed by atoms with Crippen LogP contribution in [0.4, 0.5) is 9.18 Å². The fourth-order valence-electron chi connectivity index (χ4n) is 5.44. The average Bonchev–Trinajstić information content (AvgIpc) is 2.89. The number of likely N-dealkylation sites (tertiary alicyclic amines) is 1. The van der Waals surface area contributed by atoms with Crippen molar-refractivity contribution in [2.24, 2.45) is 17.6 Å². The maximum Gasteiger partial charge on any atom is 0.410 e. The van der Waals surface area contributed by atoms with E-state index in [-0.39, 0.29) is 17.5 Å². The number of rotatable bonds is 7. The third kappa shape index (κ3) is 6.38. The zero-order valence-electron chi connectivity index (χ0n) is 20.3. The fourth-order valence-corrected chi connectivity index (χ4v) is 5.44. The first-order valence-electron chi connectivity index (χ1n) is 12.7. The summed E-state index contributed by atoms with van der Waals surface area (Å²) < 4.78 is 24.1. The number of amides is 2. The smallest absolute Gasteiger partial charge is 0.410 e. The van der Waals surface area contributed by atoms with Gasteiger partial charge in [0.25, 0.3) is 5.91 Å². The summed E-state index contributed by atoms with van der Waals surface area (Å²) >= 11 is 0. The van der Waals surface area contributed by atoms with E-state index in [9.17, 15) is 18.8 Å². The molecular weight excluding hydrogens is 453 g/mol. The van der Waals surface area contributed by atoms with Crippen molar-refractivity contribution in [2.45, 2.75) is 50.5 Å². The number of hydrogen-bond donors (Lipinski definition) is 1. The third-order valence-electron chi connectivity index (χ3n) is 7.85. The van der Waals surface area contributed by atoms with Crippen LogP contribution in [0.15, 0.2) is 24.3 Å². The van der Waals surface area contributed by atoms with Gasteiger partial charge in [-0.25, -0.2) is 9.18 Å². The van der Waals surface area contributed by atoms with Gasteiger partial charge in [0.1, 0.15) is 5.82 Å². The number of ketones is 1. The van der Waals surface area contributed by atoms with Crippen LogP contribution >= 0.6 is 0 Å². The number of primary amides is 1. The summed E-state index contributed by atoms with van der Waals surface area (Å²) in [5.74, 6) is -0.355. The molecule has 0 spiro atoms. The van der Waals surface area contributed by atoms with Gasteiger partial charge < -0.3 is 25.0 Å². The lowest BCUT2D eigenvalue weighted by atomic mass is 9.77. The van der Waals surface area contributed by atoms with E-state index in [1.54, 1.807) is 17.0 Å². The Hall–Kier alpha value is -2.52. The van der Waals surface area contributed by atoms with Crippen molar-refractivity contribution >= 4 is 17.8 Å². The van der Waals surface area contributed by atoms with Crippen LogP contribution in [-0.4, -0.2) is 79.1 Å². The minimum absolute atomic E-state index is 0.0104. The Morgan fingerprint density at radius 2 is 1.63 bits per heavy atom.